The highest BCUT2D eigenvalue weighted by Gasteiger charge is 2.22. The summed E-state index contributed by atoms with van der Waals surface area (Å²) in [6.07, 6.45) is 1.64. The summed E-state index contributed by atoms with van der Waals surface area (Å²) in [6.45, 7) is 5.43. The van der Waals surface area contributed by atoms with Crippen LogP contribution in [-0.4, -0.2) is 36.1 Å². The Bertz CT molecular complexity index is 969. The molecule has 126 valence electrons. The summed E-state index contributed by atoms with van der Waals surface area (Å²) in [7, 11) is 0. The third-order valence-electron chi connectivity index (χ3n) is 4.43. The molecular weight excluding hydrogens is 354 g/mol. The fourth-order valence-electron chi connectivity index (χ4n) is 3.24. The molecule has 0 unspecified atom stereocenters. The minimum Gasteiger partial charge on any atom is -0.367 e. The third-order valence-corrected chi connectivity index (χ3v) is 5.63. The van der Waals surface area contributed by atoms with E-state index in [0.717, 1.165) is 47.9 Å². The van der Waals surface area contributed by atoms with Crippen LogP contribution in [0.3, 0.4) is 0 Å². The maximum atomic E-state index is 9.34. The first-order valence-electron chi connectivity index (χ1n) is 8.06. The number of hydrogen-bond donors (Lipinski definition) is 0. The first-order valence-corrected chi connectivity index (χ1v) is 9.26. The van der Waals surface area contributed by atoms with E-state index in [1.165, 1.54) is 4.88 Å². The molecule has 0 aliphatic carbocycles. The smallest absolute Gasteiger partial charge is 0.140 e. The van der Waals surface area contributed by atoms with E-state index in [2.05, 4.69) is 38.8 Å². The Morgan fingerprint density at radius 1 is 1.12 bits per heavy atom. The Morgan fingerprint density at radius 2 is 1.88 bits per heavy atom. The number of anilines is 2. The molecule has 1 fully saturated rings. The molecule has 0 amide bonds. The molecule has 2 aromatic heterocycles. The average Bonchev–Trinajstić information content (AvgIpc) is 3.02. The summed E-state index contributed by atoms with van der Waals surface area (Å²) >= 11 is 7.82. The Balaban J connectivity index is 1.58. The number of fused-ring (bicyclic) bond motifs is 1. The number of piperazine rings is 1. The van der Waals surface area contributed by atoms with E-state index >= 15 is 0 Å². The van der Waals surface area contributed by atoms with Crippen molar-refractivity contribution < 1.29 is 0 Å². The van der Waals surface area contributed by atoms with E-state index in [-0.39, 0.29) is 0 Å². The standard InChI is InChI=1S/C18H16ClN5S/c1-12-8-15-17(21-11-22-18(15)25-12)24-6-4-23(5-7-24)16-9-14(19)3-2-13(16)10-20/h2-3,8-9,11H,4-7H2,1H3. The second kappa shape index (κ2) is 6.51. The lowest BCUT2D eigenvalue weighted by Gasteiger charge is -2.37. The minimum atomic E-state index is 0.655. The van der Waals surface area contributed by atoms with E-state index in [0.29, 0.717) is 10.6 Å². The zero-order valence-electron chi connectivity index (χ0n) is 13.7. The Hall–Kier alpha value is -2.36. The molecule has 25 heavy (non-hydrogen) atoms. The zero-order valence-corrected chi connectivity index (χ0v) is 15.3. The number of rotatable bonds is 2. The molecule has 3 heterocycles. The number of hydrogen-bond acceptors (Lipinski definition) is 6. The van der Waals surface area contributed by atoms with Gasteiger partial charge in [0.05, 0.1) is 16.6 Å². The van der Waals surface area contributed by atoms with Gasteiger partial charge in [-0.15, -0.1) is 11.3 Å². The van der Waals surface area contributed by atoms with Crippen molar-refractivity contribution >= 4 is 44.7 Å². The highest BCUT2D eigenvalue weighted by molar-refractivity contribution is 7.18. The highest BCUT2D eigenvalue weighted by Crippen LogP contribution is 2.31. The molecule has 3 aromatic rings. The molecule has 0 saturated carbocycles. The van der Waals surface area contributed by atoms with Gasteiger partial charge >= 0.3 is 0 Å². The van der Waals surface area contributed by atoms with Gasteiger partial charge in [0.1, 0.15) is 23.0 Å². The third kappa shape index (κ3) is 3.01. The molecule has 4 rings (SSSR count). The molecular formula is C18H16ClN5S. The van der Waals surface area contributed by atoms with Gasteiger partial charge in [-0.1, -0.05) is 11.6 Å². The minimum absolute atomic E-state index is 0.655. The molecule has 0 N–H and O–H groups in total. The molecule has 7 heteroatoms. The lowest BCUT2D eigenvalue weighted by atomic mass is 10.1. The van der Waals surface area contributed by atoms with Crippen molar-refractivity contribution in [2.24, 2.45) is 0 Å². The first kappa shape index (κ1) is 16.1. The van der Waals surface area contributed by atoms with Crippen molar-refractivity contribution in [2.75, 3.05) is 36.0 Å². The van der Waals surface area contributed by atoms with E-state index in [4.69, 9.17) is 11.6 Å². The lowest BCUT2D eigenvalue weighted by Crippen LogP contribution is -2.47. The molecule has 0 radical (unpaired) electrons. The largest absolute Gasteiger partial charge is 0.367 e. The number of benzene rings is 1. The average molecular weight is 370 g/mol. The van der Waals surface area contributed by atoms with E-state index in [1.54, 1.807) is 29.8 Å². The molecule has 0 spiro atoms. The molecule has 1 aromatic carbocycles. The second-order valence-electron chi connectivity index (χ2n) is 6.02. The monoisotopic (exact) mass is 369 g/mol. The van der Waals surface area contributed by atoms with Crippen LogP contribution in [0.1, 0.15) is 10.4 Å². The van der Waals surface area contributed by atoms with Crippen molar-refractivity contribution in [1.82, 2.24) is 9.97 Å². The number of halogens is 1. The Kier molecular flexibility index (Phi) is 4.20. The summed E-state index contributed by atoms with van der Waals surface area (Å²) in [6, 6.07) is 9.84. The van der Waals surface area contributed by atoms with Crippen molar-refractivity contribution in [1.29, 1.82) is 5.26 Å². The number of nitriles is 1. The van der Waals surface area contributed by atoms with Gasteiger partial charge in [-0.2, -0.15) is 5.26 Å². The van der Waals surface area contributed by atoms with Gasteiger partial charge in [0.25, 0.3) is 0 Å². The van der Waals surface area contributed by atoms with Crippen LogP contribution in [0, 0.1) is 18.3 Å². The molecule has 1 aliphatic heterocycles. The molecule has 0 atom stereocenters. The van der Waals surface area contributed by atoms with Crippen LogP contribution in [0.15, 0.2) is 30.6 Å². The number of aryl methyl sites for hydroxylation is 1. The van der Waals surface area contributed by atoms with Gasteiger partial charge in [0, 0.05) is 36.1 Å². The van der Waals surface area contributed by atoms with E-state index in [9.17, 15) is 5.26 Å². The van der Waals surface area contributed by atoms with Crippen molar-refractivity contribution in [3.05, 3.63) is 46.1 Å². The molecule has 1 aliphatic rings. The molecule has 5 nitrogen and oxygen atoms in total. The Labute approximate surface area is 155 Å². The van der Waals surface area contributed by atoms with Gasteiger partial charge in [-0.25, -0.2) is 9.97 Å². The fourth-order valence-corrected chi connectivity index (χ4v) is 4.24. The van der Waals surface area contributed by atoms with Gasteiger partial charge in [-0.05, 0) is 31.2 Å². The van der Waals surface area contributed by atoms with Crippen molar-refractivity contribution in [3.8, 4) is 6.07 Å². The summed E-state index contributed by atoms with van der Waals surface area (Å²) in [4.78, 5) is 15.7. The topological polar surface area (TPSA) is 56.0 Å². The predicted molar refractivity (Wildman–Crippen MR) is 103 cm³/mol. The van der Waals surface area contributed by atoms with Crippen LogP contribution < -0.4 is 9.80 Å². The quantitative estimate of drug-likeness (QED) is 0.686. The molecule has 1 saturated heterocycles. The summed E-state index contributed by atoms with van der Waals surface area (Å²) in [5.74, 6) is 1.00. The van der Waals surface area contributed by atoms with Crippen LogP contribution in [0.4, 0.5) is 11.5 Å². The predicted octanol–water partition coefficient (Wildman–Crippen LogP) is 3.85. The zero-order chi connectivity index (χ0) is 17.4. The van der Waals surface area contributed by atoms with Gasteiger partial charge in [0.15, 0.2) is 0 Å². The Morgan fingerprint density at radius 3 is 2.64 bits per heavy atom. The molecule has 0 bridgehead atoms. The summed E-state index contributed by atoms with van der Waals surface area (Å²) in [5, 5.41) is 11.1. The normalized spacial score (nSPS) is 14.8. The van der Waals surface area contributed by atoms with Crippen LogP contribution in [0.25, 0.3) is 10.2 Å². The fraction of sp³-hybridized carbons (Fsp3) is 0.278. The van der Waals surface area contributed by atoms with Crippen LogP contribution in [0.2, 0.25) is 5.02 Å². The van der Waals surface area contributed by atoms with Crippen LogP contribution in [0.5, 0.6) is 0 Å². The highest BCUT2D eigenvalue weighted by atomic mass is 35.5. The maximum Gasteiger partial charge on any atom is 0.140 e. The van der Waals surface area contributed by atoms with Gasteiger partial charge in [-0.3, -0.25) is 0 Å². The lowest BCUT2D eigenvalue weighted by molar-refractivity contribution is 0.648. The van der Waals surface area contributed by atoms with E-state index in [1.807, 2.05) is 6.07 Å². The summed E-state index contributed by atoms with van der Waals surface area (Å²) in [5.41, 5.74) is 1.57. The SMILES string of the molecule is Cc1cc2c(N3CCN(c4cc(Cl)ccc4C#N)CC3)ncnc2s1. The summed E-state index contributed by atoms with van der Waals surface area (Å²) < 4.78 is 0. The maximum absolute atomic E-state index is 9.34. The van der Waals surface area contributed by atoms with Gasteiger partial charge in [0.2, 0.25) is 0 Å². The van der Waals surface area contributed by atoms with E-state index < -0.39 is 0 Å². The number of nitrogens with zero attached hydrogens (tertiary/aromatic N) is 5. The van der Waals surface area contributed by atoms with Crippen molar-refractivity contribution in [3.63, 3.8) is 0 Å². The number of aromatic nitrogens is 2. The number of thiophene rings is 1. The van der Waals surface area contributed by atoms with Crippen LogP contribution in [-0.2, 0) is 0 Å². The van der Waals surface area contributed by atoms with Crippen molar-refractivity contribution in [2.45, 2.75) is 6.92 Å². The second-order valence-corrected chi connectivity index (χ2v) is 7.69. The van der Waals surface area contributed by atoms with Crippen LogP contribution >= 0.6 is 22.9 Å². The van der Waals surface area contributed by atoms with Gasteiger partial charge < -0.3 is 9.80 Å². The first-order chi connectivity index (χ1) is 12.2.